The fourth-order valence-corrected chi connectivity index (χ4v) is 2.32. The number of hydrogen-bond acceptors (Lipinski definition) is 5. The van der Waals surface area contributed by atoms with Crippen LogP contribution in [0.5, 0.6) is 0 Å². The third-order valence-corrected chi connectivity index (χ3v) is 3.63. The summed E-state index contributed by atoms with van der Waals surface area (Å²) in [5, 5.41) is 14.7. The number of ether oxygens (including phenoxy) is 1. The molecule has 0 spiro atoms. The predicted octanol–water partition coefficient (Wildman–Crippen LogP) is 2.06. The summed E-state index contributed by atoms with van der Waals surface area (Å²) >= 11 is 0. The summed E-state index contributed by atoms with van der Waals surface area (Å²) in [5.74, 6) is -1.03. The van der Waals surface area contributed by atoms with Crippen molar-refractivity contribution in [2.75, 3.05) is 13.7 Å². The van der Waals surface area contributed by atoms with Gasteiger partial charge in [-0.05, 0) is 11.1 Å². The Morgan fingerprint density at radius 3 is 2.08 bits per heavy atom. The lowest BCUT2D eigenvalue weighted by Gasteiger charge is -2.19. The van der Waals surface area contributed by atoms with Crippen LogP contribution in [0.3, 0.4) is 0 Å². The van der Waals surface area contributed by atoms with Crippen LogP contribution < -0.4 is 10.6 Å². The molecule has 0 unspecified atom stereocenters. The largest absolute Gasteiger partial charge is 0.468 e. The minimum Gasteiger partial charge on any atom is -0.468 e. The number of nitrogens with one attached hydrogen (secondary N) is 2. The van der Waals surface area contributed by atoms with Crippen LogP contribution in [-0.2, 0) is 14.3 Å². The maximum absolute atomic E-state index is 12.5. The summed E-state index contributed by atoms with van der Waals surface area (Å²) in [6.45, 7) is -0.129. The van der Waals surface area contributed by atoms with Crippen LogP contribution in [0.4, 0.5) is 0 Å². The molecule has 0 radical (unpaired) electrons. The van der Waals surface area contributed by atoms with Gasteiger partial charge in [-0.25, -0.2) is 0 Å². The predicted molar refractivity (Wildman–Crippen MR) is 96.6 cm³/mol. The monoisotopic (exact) mass is 349 g/mol. The summed E-state index contributed by atoms with van der Waals surface area (Å²) in [6, 6.07) is 20.4. The highest BCUT2D eigenvalue weighted by atomic mass is 16.5. The first-order chi connectivity index (χ1) is 12.7. The maximum Gasteiger partial charge on any atom is 0.325 e. The minimum absolute atomic E-state index is 0.129. The third kappa shape index (κ3) is 5.21. The van der Waals surface area contributed by atoms with Crippen LogP contribution in [-0.4, -0.2) is 25.5 Å². The number of nitrogens with zero attached hydrogens (tertiary/aromatic N) is 1. The van der Waals surface area contributed by atoms with E-state index in [4.69, 9.17) is 0 Å². The van der Waals surface area contributed by atoms with Gasteiger partial charge in [-0.3, -0.25) is 9.59 Å². The van der Waals surface area contributed by atoms with Gasteiger partial charge in [0.15, 0.2) is 0 Å². The first-order valence-electron chi connectivity index (χ1n) is 7.97. The summed E-state index contributed by atoms with van der Waals surface area (Å²) in [7, 11) is 1.26. The van der Waals surface area contributed by atoms with Crippen molar-refractivity contribution in [1.29, 1.82) is 5.26 Å². The molecule has 6 nitrogen and oxygen atoms in total. The standard InChI is InChI=1S/C20H19N3O3/c1-26-18(24)14-22-13-17(12-21)20(25)23-19(15-8-4-2-5-9-15)16-10-6-3-7-11-16/h2-11,13,19,22H,14H2,1H3,(H,23,25)/b17-13-. The highest BCUT2D eigenvalue weighted by Crippen LogP contribution is 2.22. The van der Waals surface area contributed by atoms with E-state index in [0.29, 0.717) is 0 Å². The Hall–Kier alpha value is -3.59. The van der Waals surface area contributed by atoms with Crippen LogP contribution in [0.25, 0.3) is 0 Å². The zero-order chi connectivity index (χ0) is 18.8. The molecule has 0 atom stereocenters. The topological polar surface area (TPSA) is 91.2 Å². The molecule has 2 N–H and O–H groups in total. The second kappa shape index (κ2) is 9.64. The Morgan fingerprint density at radius 2 is 1.62 bits per heavy atom. The van der Waals surface area contributed by atoms with Crippen LogP contribution >= 0.6 is 0 Å². The third-order valence-electron chi connectivity index (χ3n) is 3.63. The number of benzene rings is 2. The molecule has 2 rings (SSSR count). The maximum atomic E-state index is 12.5. The molecule has 0 aliphatic carbocycles. The van der Waals surface area contributed by atoms with Gasteiger partial charge in [-0.2, -0.15) is 5.26 Å². The summed E-state index contributed by atoms with van der Waals surface area (Å²) in [5.41, 5.74) is 1.66. The van der Waals surface area contributed by atoms with E-state index in [1.165, 1.54) is 13.3 Å². The average Bonchev–Trinajstić information content (AvgIpc) is 2.70. The van der Waals surface area contributed by atoms with Crippen molar-refractivity contribution in [3.05, 3.63) is 83.6 Å². The van der Waals surface area contributed by atoms with Crippen LogP contribution in [0.1, 0.15) is 17.2 Å². The number of nitriles is 1. The SMILES string of the molecule is COC(=O)CN/C=C(/C#N)C(=O)NC(c1ccccc1)c1ccccc1. The molecule has 2 aromatic rings. The number of esters is 1. The normalized spacial score (nSPS) is 10.7. The van der Waals surface area contributed by atoms with Crippen LogP contribution in [0, 0.1) is 11.3 Å². The zero-order valence-electron chi connectivity index (χ0n) is 14.3. The molecule has 132 valence electrons. The fourth-order valence-electron chi connectivity index (χ4n) is 2.32. The van der Waals surface area contributed by atoms with Gasteiger partial charge in [0, 0.05) is 6.20 Å². The van der Waals surface area contributed by atoms with Crippen LogP contribution in [0.2, 0.25) is 0 Å². The van der Waals surface area contributed by atoms with Gasteiger partial charge in [0.25, 0.3) is 5.91 Å². The molecule has 0 saturated carbocycles. The van der Waals surface area contributed by atoms with E-state index in [-0.39, 0.29) is 12.1 Å². The first kappa shape index (κ1) is 18.7. The molecule has 1 amide bonds. The molecule has 0 saturated heterocycles. The fraction of sp³-hybridized carbons (Fsp3) is 0.150. The molecular formula is C20H19N3O3. The molecule has 0 fully saturated rings. The minimum atomic E-state index is -0.539. The van der Waals surface area contributed by atoms with Crippen molar-refractivity contribution in [2.45, 2.75) is 6.04 Å². The van der Waals surface area contributed by atoms with E-state index < -0.39 is 17.9 Å². The Balaban J connectivity index is 2.19. The molecule has 0 aliphatic heterocycles. The zero-order valence-corrected chi connectivity index (χ0v) is 14.3. The van der Waals surface area contributed by atoms with Gasteiger partial charge in [-0.15, -0.1) is 0 Å². The van der Waals surface area contributed by atoms with Gasteiger partial charge in [0.1, 0.15) is 18.2 Å². The van der Waals surface area contributed by atoms with Crippen molar-refractivity contribution >= 4 is 11.9 Å². The second-order valence-electron chi connectivity index (χ2n) is 5.35. The molecule has 2 aromatic carbocycles. The second-order valence-corrected chi connectivity index (χ2v) is 5.35. The van der Waals surface area contributed by atoms with Crippen molar-refractivity contribution in [1.82, 2.24) is 10.6 Å². The highest BCUT2D eigenvalue weighted by Gasteiger charge is 2.19. The van der Waals surface area contributed by atoms with Gasteiger partial charge in [0.2, 0.25) is 0 Å². The lowest BCUT2D eigenvalue weighted by Crippen LogP contribution is -2.31. The summed E-state index contributed by atoms with van der Waals surface area (Å²) in [4.78, 5) is 23.6. The number of methoxy groups -OCH3 is 1. The van der Waals surface area contributed by atoms with Gasteiger partial charge < -0.3 is 15.4 Å². The molecule has 0 aliphatic rings. The van der Waals surface area contributed by atoms with E-state index in [0.717, 1.165) is 11.1 Å². The van der Waals surface area contributed by atoms with Crippen LogP contribution in [0.15, 0.2) is 72.4 Å². The van der Waals surface area contributed by atoms with E-state index in [1.54, 1.807) is 0 Å². The van der Waals surface area contributed by atoms with Crippen molar-refractivity contribution < 1.29 is 14.3 Å². The molecule has 0 heterocycles. The Morgan fingerprint density at radius 1 is 1.08 bits per heavy atom. The molecule has 6 heteroatoms. The quantitative estimate of drug-likeness (QED) is 0.454. The molecule has 0 bridgehead atoms. The van der Waals surface area contributed by atoms with E-state index in [9.17, 15) is 14.9 Å². The molecule has 0 aromatic heterocycles. The first-order valence-corrected chi connectivity index (χ1v) is 7.97. The summed E-state index contributed by atoms with van der Waals surface area (Å²) < 4.78 is 4.49. The molecule has 26 heavy (non-hydrogen) atoms. The number of hydrogen-bond donors (Lipinski definition) is 2. The van der Waals surface area contributed by atoms with Gasteiger partial charge >= 0.3 is 5.97 Å². The number of carbonyl (C=O) groups excluding carboxylic acids is 2. The highest BCUT2D eigenvalue weighted by molar-refractivity contribution is 5.97. The number of carbonyl (C=O) groups is 2. The smallest absolute Gasteiger partial charge is 0.325 e. The number of amides is 1. The van der Waals surface area contributed by atoms with Crippen molar-refractivity contribution in [2.24, 2.45) is 0 Å². The van der Waals surface area contributed by atoms with Crippen molar-refractivity contribution in [3.63, 3.8) is 0 Å². The average molecular weight is 349 g/mol. The Labute approximate surface area is 152 Å². The van der Waals surface area contributed by atoms with E-state index in [2.05, 4.69) is 15.4 Å². The van der Waals surface area contributed by atoms with Crippen molar-refractivity contribution in [3.8, 4) is 6.07 Å². The Bertz CT molecular complexity index is 772. The number of rotatable bonds is 7. The summed E-state index contributed by atoms with van der Waals surface area (Å²) in [6.07, 6.45) is 1.21. The van der Waals surface area contributed by atoms with E-state index >= 15 is 0 Å². The lowest BCUT2D eigenvalue weighted by atomic mass is 9.98. The molecular weight excluding hydrogens is 330 g/mol. The van der Waals surface area contributed by atoms with E-state index in [1.807, 2.05) is 66.7 Å². The lowest BCUT2D eigenvalue weighted by molar-refractivity contribution is -0.139. The van der Waals surface area contributed by atoms with Gasteiger partial charge in [0.05, 0.1) is 13.2 Å². The Kier molecular flexibility index (Phi) is 6.95. The van der Waals surface area contributed by atoms with Gasteiger partial charge in [-0.1, -0.05) is 60.7 Å².